The molecule has 0 unspecified atom stereocenters. The van der Waals surface area contributed by atoms with E-state index >= 15 is 0 Å². The van der Waals surface area contributed by atoms with Gasteiger partial charge in [0.1, 0.15) is 24.4 Å². The molecule has 0 saturated heterocycles. The molecule has 0 aromatic rings. The van der Waals surface area contributed by atoms with Crippen LogP contribution in [-0.2, 0) is 99.5 Å². The molecule has 0 spiro atoms. The third-order valence-corrected chi connectivity index (χ3v) is 13.0. The first-order valence-corrected chi connectivity index (χ1v) is 33.1. The smallest absolute Gasteiger partial charge is 0.104 e. The lowest BCUT2D eigenvalue weighted by atomic mass is 9.86. The van der Waals surface area contributed by atoms with E-state index in [1.807, 2.05) is 0 Å². The van der Waals surface area contributed by atoms with E-state index in [4.69, 9.17) is 99.5 Å². The molecule has 0 saturated carbocycles. The van der Waals surface area contributed by atoms with Crippen LogP contribution in [0.15, 0.2) is 0 Å². The molecule has 0 rings (SSSR count). The second-order valence-electron chi connectivity index (χ2n) is 21.4. The van der Waals surface area contributed by atoms with Gasteiger partial charge in [-0.2, -0.15) is 0 Å². The zero-order chi connectivity index (χ0) is 62.1. The van der Waals surface area contributed by atoms with Crippen molar-refractivity contribution in [1.29, 1.82) is 0 Å². The zero-order valence-electron chi connectivity index (χ0n) is 55.8. The predicted octanol–water partition coefficient (Wildman–Crippen LogP) is 8.88. The maximum absolute atomic E-state index is 7.06. The van der Waals surface area contributed by atoms with Gasteiger partial charge in [0.15, 0.2) is 0 Å². The maximum atomic E-state index is 7.06. The molecular weight excluding hydrogens is 1100 g/mol. The average molecular weight is 1240 g/mol. The summed E-state index contributed by atoms with van der Waals surface area (Å²) in [5.74, 6) is 0. The Bertz CT molecular complexity index is 1040. The molecule has 0 bridgehead atoms. The summed E-state index contributed by atoms with van der Waals surface area (Å²) >= 11 is 0. The first-order chi connectivity index (χ1) is 41.8. The van der Waals surface area contributed by atoms with Crippen molar-refractivity contribution >= 4 is 0 Å². The summed E-state index contributed by atoms with van der Waals surface area (Å²) in [5, 5.41) is 0. The minimum atomic E-state index is -0.658. The Morgan fingerprint density at radius 2 is 0.329 bits per heavy atom. The van der Waals surface area contributed by atoms with Gasteiger partial charge >= 0.3 is 0 Å². The number of ether oxygens (including phenoxy) is 21. The van der Waals surface area contributed by atoms with Crippen molar-refractivity contribution in [2.24, 2.45) is 10.8 Å². The van der Waals surface area contributed by atoms with Crippen LogP contribution in [0.3, 0.4) is 0 Å². The minimum absolute atomic E-state index is 0.274. The van der Waals surface area contributed by atoms with Crippen molar-refractivity contribution in [3.05, 3.63) is 0 Å². The van der Waals surface area contributed by atoms with Crippen LogP contribution >= 0.6 is 0 Å². The zero-order valence-corrected chi connectivity index (χ0v) is 55.8. The van der Waals surface area contributed by atoms with Crippen molar-refractivity contribution in [3.63, 3.8) is 0 Å². The van der Waals surface area contributed by atoms with Gasteiger partial charge in [-0.05, 0) is 64.2 Å². The molecule has 0 aromatic heterocycles. The van der Waals surface area contributed by atoms with E-state index in [1.54, 1.807) is 0 Å². The van der Waals surface area contributed by atoms with Crippen molar-refractivity contribution in [2.45, 2.75) is 158 Å². The molecule has 0 aliphatic heterocycles. The third kappa shape index (κ3) is 53.5. The predicted molar refractivity (Wildman–Crippen MR) is 331 cm³/mol. The Morgan fingerprint density at radius 1 is 0.176 bits per heavy atom. The first-order valence-electron chi connectivity index (χ1n) is 33.1. The highest BCUT2D eigenvalue weighted by atomic mass is 16.6. The molecule has 85 heavy (non-hydrogen) atoms. The van der Waals surface area contributed by atoms with Crippen LogP contribution in [0.4, 0.5) is 0 Å². The highest BCUT2D eigenvalue weighted by molar-refractivity contribution is 4.83. The van der Waals surface area contributed by atoms with Gasteiger partial charge in [0.25, 0.3) is 0 Å². The summed E-state index contributed by atoms with van der Waals surface area (Å²) in [7, 11) is 0. The van der Waals surface area contributed by atoms with E-state index in [0.29, 0.717) is 224 Å². The molecule has 0 amide bonds. The SMILES string of the molecule is CCCOCCOCC(COCCOCCC)OCC(CC)(COCC(CC)(COC(COCCOCCC)COCCOCCC)COC(COCCOCCC)COCCOCCC)COC(COCCOCCC)COCCOCCC. The van der Waals surface area contributed by atoms with Crippen LogP contribution in [0.25, 0.3) is 0 Å². The van der Waals surface area contributed by atoms with Gasteiger partial charge in [-0.15, -0.1) is 0 Å². The standard InChI is InChI=1S/C64H130O21/c1-11-21-65-29-37-73-45-59(46-74-38-30-66-22-12-2)82-55-63(19-9,56-83-60(47-75-39-31-67-23-13-3)48-76-40-32-68-24-14-4)53-81-54-64(20-10,57-84-61(49-77-41-33-69-25-15-5)50-78-42-34-70-26-16-6)58-85-62(51-79-43-35-71-27-17-7)52-80-44-36-72-28-18-8/h59-62H,11-58H2,1-10H3. The molecule has 0 radical (unpaired) electrons. The Hall–Kier alpha value is -0.840. The van der Waals surface area contributed by atoms with Crippen molar-refractivity contribution in [3.8, 4) is 0 Å². The van der Waals surface area contributed by atoms with Gasteiger partial charge < -0.3 is 99.5 Å². The molecule has 0 atom stereocenters. The number of hydrogen-bond acceptors (Lipinski definition) is 21. The van der Waals surface area contributed by atoms with Crippen LogP contribution in [0.2, 0.25) is 0 Å². The summed E-state index contributed by atoms with van der Waals surface area (Å²) < 4.78 is 130. The van der Waals surface area contributed by atoms with E-state index < -0.39 is 35.2 Å². The van der Waals surface area contributed by atoms with Crippen LogP contribution in [0.1, 0.15) is 133 Å². The Labute approximate surface area is 517 Å². The summed E-state index contributed by atoms with van der Waals surface area (Å²) in [4.78, 5) is 0. The van der Waals surface area contributed by atoms with Crippen molar-refractivity contribution in [2.75, 3.05) is 251 Å². The second-order valence-corrected chi connectivity index (χ2v) is 21.4. The molecular formula is C64H130O21. The summed E-state index contributed by atoms with van der Waals surface area (Å²) in [5.41, 5.74) is -1.32. The average Bonchev–Trinajstić information content (AvgIpc) is 3.64. The van der Waals surface area contributed by atoms with E-state index in [9.17, 15) is 0 Å². The van der Waals surface area contributed by atoms with Crippen LogP contribution in [0, 0.1) is 10.8 Å². The van der Waals surface area contributed by atoms with Crippen LogP contribution < -0.4 is 0 Å². The molecule has 0 fully saturated rings. The van der Waals surface area contributed by atoms with E-state index in [2.05, 4.69) is 69.2 Å². The highest BCUT2D eigenvalue weighted by Gasteiger charge is 2.37. The normalized spacial score (nSPS) is 12.5. The minimum Gasteiger partial charge on any atom is -0.380 e. The van der Waals surface area contributed by atoms with E-state index in [1.165, 1.54) is 0 Å². The Morgan fingerprint density at radius 3 is 0.471 bits per heavy atom. The molecule has 512 valence electrons. The molecule has 0 heterocycles. The van der Waals surface area contributed by atoms with Crippen LogP contribution in [0.5, 0.6) is 0 Å². The molecule has 0 aliphatic carbocycles. The maximum Gasteiger partial charge on any atom is 0.104 e. The fraction of sp³-hybridized carbons (Fsp3) is 1.00. The lowest BCUT2D eigenvalue weighted by Gasteiger charge is -2.38. The first kappa shape index (κ1) is 84.2. The van der Waals surface area contributed by atoms with Gasteiger partial charge in [0, 0.05) is 63.7 Å². The summed E-state index contributed by atoms with van der Waals surface area (Å²) in [6.07, 6.45) is 7.20. The van der Waals surface area contributed by atoms with E-state index in [-0.39, 0.29) is 39.6 Å². The molecule has 21 nitrogen and oxygen atoms in total. The Balaban J connectivity index is 7.20. The monoisotopic (exact) mass is 1230 g/mol. The fourth-order valence-corrected chi connectivity index (χ4v) is 7.73. The fourth-order valence-electron chi connectivity index (χ4n) is 7.73. The third-order valence-electron chi connectivity index (χ3n) is 13.0. The Kier molecular flexibility index (Phi) is 65.4. The molecule has 0 aliphatic rings. The largest absolute Gasteiger partial charge is 0.380 e. The highest BCUT2D eigenvalue weighted by Crippen LogP contribution is 2.30. The van der Waals surface area contributed by atoms with Gasteiger partial charge in [0.2, 0.25) is 0 Å². The number of hydrogen-bond donors (Lipinski definition) is 0. The van der Waals surface area contributed by atoms with Crippen molar-refractivity contribution < 1.29 is 99.5 Å². The lowest BCUT2D eigenvalue weighted by molar-refractivity contribution is -0.164. The molecule has 0 N–H and O–H groups in total. The van der Waals surface area contributed by atoms with E-state index in [0.717, 1.165) is 51.4 Å². The quantitative estimate of drug-likeness (QED) is 0.0524. The molecule has 21 heteroatoms. The van der Waals surface area contributed by atoms with Crippen LogP contribution in [-0.4, -0.2) is 275 Å². The molecule has 0 aromatic carbocycles. The number of rotatable bonds is 74. The summed E-state index contributed by atoms with van der Waals surface area (Å²) in [6.45, 7) is 37.9. The van der Waals surface area contributed by atoms with Crippen molar-refractivity contribution in [1.82, 2.24) is 0 Å². The lowest BCUT2D eigenvalue weighted by Crippen LogP contribution is -2.45. The van der Waals surface area contributed by atoms with Gasteiger partial charge in [-0.25, -0.2) is 0 Å². The second kappa shape index (κ2) is 66.1. The topological polar surface area (TPSA) is 194 Å². The van der Waals surface area contributed by atoms with Gasteiger partial charge in [0.05, 0.1) is 198 Å². The summed E-state index contributed by atoms with van der Waals surface area (Å²) in [6, 6.07) is 0. The van der Waals surface area contributed by atoms with Gasteiger partial charge in [-0.1, -0.05) is 69.2 Å². The van der Waals surface area contributed by atoms with Gasteiger partial charge in [-0.3, -0.25) is 0 Å².